The average Bonchev–Trinajstić information content (AvgIpc) is 3.17. The third-order valence-electron chi connectivity index (χ3n) is 4.69. The molecule has 0 aliphatic heterocycles. The van der Waals surface area contributed by atoms with Crippen LogP contribution in [-0.2, 0) is 0 Å². The predicted molar refractivity (Wildman–Crippen MR) is 121 cm³/mol. The van der Waals surface area contributed by atoms with Crippen LogP contribution in [0.4, 0.5) is 16.2 Å². The molecule has 7 heteroatoms. The molecule has 3 aromatic carbocycles. The van der Waals surface area contributed by atoms with Gasteiger partial charge in [-0.3, -0.25) is 0 Å². The number of ether oxygens (including phenoxy) is 2. The number of fused-ring (bicyclic) bond motifs is 1. The summed E-state index contributed by atoms with van der Waals surface area (Å²) in [6, 6.07) is 20.2. The highest BCUT2D eigenvalue weighted by Crippen LogP contribution is 2.30. The van der Waals surface area contributed by atoms with E-state index in [1.54, 1.807) is 32.4 Å². The van der Waals surface area contributed by atoms with Crippen molar-refractivity contribution >= 4 is 39.9 Å². The van der Waals surface area contributed by atoms with Crippen LogP contribution in [0.5, 0.6) is 11.5 Å². The first-order valence-corrected chi connectivity index (χ1v) is 9.62. The Balaban J connectivity index is 1.47. The number of halogens is 1. The molecule has 0 spiro atoms. The third-order valence-corrected chi connectivity index (χ3v) is 4.93. The van der Waals surface area contributed by atoms with E-state index in [0.29, 0.717) is 27.9 Å². The Morgan fingerprint density at radius 1 is 0.900 bits per heavy atom. The highest BCUT2D eigenvalue weighted by molar-refractivity contribution is 6.31. The fourth-order valence-electron chi connectivity index (χ4n) is 3.19. The van der Waals surface area contributed by atoms with Crippen molar-refractivity contribution in [2.24, 2.45) is 0 Å². The van der Waals surface area contributed by atoms with Gasteiger partial charge in [0.15, 0.2) is 0 Å². The molecule has 0 radical (unpaired) electrons. The molecule has 1 aromatic heterocycles. The number of aromatic nitrogens is 1. The Morgan fingerprint density at radius 3 is 2.43 bits per heavy atom. The number of carbonyl (C=O) groups excluding carboxylic acids is 1. The van der Waals surface area contributed by atoms with Gasteiger partial charge in [0, 0.05) is 33.4 Å². The zero-order chi connectivity index (χ0) is 21.1. The van der Waals surface area contributed by atoms with E-state index in [1.165, 1.54) is 0 Å². The molecule has 152 valence electrons. The maximum absolute atomic E-state index is 12.4. The molecule has 2 amide bonds. The number of amides is 2. The molecule has 0 unspecified atom stereocenters. The smallest absolute Gasteiger partial charge is 0.323 e. The van der Waals surface area contributed by atoms with Gasteiger partial charge in [-0.05, 0) is 54.1 Å². The molecular formula is C23H20ClN3O3. The molecule has 30 heavy (non-hydrogen) atoms. The molecule has 0 saturated heterocycles. The number of methoxy groups -OCH3 is 2. The van der Waals surface area contributed by atoms with Crippen molar-refractivity contribution in [2.75, 3.05) is 24.9 Å². The molecule has 1 heterocycles. The van der Waals surface area contributed by atoms with E-state index in [9.17, 15) is 4.79 Å². The van der Waals surface area contributed by atoms with Crippen LogP contribution >= 0.6 is 11.6 Å². The second-order valence-corrected chi connectivity index (χ2v) is 7.07. The van der Waals surface area contributed by atoms with E-state index in [0.717, 1.165) is 22.2 Å². The standard InChI is InChI=1S/C23H20ClN3O3/c1-29-18-8-10-22(30-2)21(13-18)27-23(28)25-17-6-3-14(4-7-17)20-12-15-11-16(24)5-9-19(15)26-20/h3-13,26H,1-2H3,(H2,25,27,28). The van der Waals surface area contributed by atoms with Crippen LogP contribution in [0, 0.1) is 0 Å². The van der Waals surface area contributed by atoms with Crippen molar-refractivity contribution in [2.45, 2.75) is 0 Å². The molecule has 4 rings (SSSR count). The molecule has 6 nitrogen and oxygen atoms in total. The van der Waals surface area contributed by atoms with Gasteiger partial charge in [0.2, 0.25) is 0 Å². The highest BCUT2D eigenvalue weighted by Gasteiger charge is 2.10. The molecule has 0 saturated carbocycles. The van der Waals surface area contributed by atoms with Gasteiger partial charge in [-0.25, -0.2) is 4.79 Å². The number of carbonyl (C=O) groups is 1. The molecule has 0 fully saturated rings. The van der Waals surface area contributed by atoms with Gasteiger partial charge in [0.1, 0.15) is 11.5 Å². The summed E-state index contributed by atoms with van der Waals surface area (Å²) in [5.74, 6) is 1.16. The lowest BCUT2D eigenvalue weighted by molar-refractivity contribution is 0.262. The van der Waals surface area contributed by atoms with Crippen LogP contribution in [0.2, 0.25) is 5.02 Å². The Morgan fingerprint density at radius 2 is 1.70 bits per heavy atom. The van der Waals surface area contributed by atoms with Crippen molar-refractivity contribution in [3.63, 3.8) is 0 Å². The number of nitrogens with one attached hydrogen (secondary N) is 3. The summed E-state index contributed by atoms with van der Waals surface area (Å²) in [6.07, 6.45) is 0. The van der Waals surface area contributed by atoms with E-state index in [1.807, 2.05) is 48.5 Å². The Hall–Kier alpha value is -3.64. The minimum Gasteiger partial charge on any atom is -0.497 e. The number of aromatic amines is 1. The topological polar surface area (TPSA) is 75.4 Å². The minimum atomic E-state index is -0.380. The molecule has 0 aliphatic rings. The monoisotopic (exact) mass is 421 g/mol. The lowest BCUT2D eigenvalue weighted by Crippen LogP contribution is -2.19. The summed E-state index contributed by atoms with van der Waals surface area (Å²) in [6.45, 7) is 0. The van der Waals surface area contributed by atoms with Gasteiger partial charge < -0.3 is 25.1 Å². The Labute approximate surface area is 178 Å². The van der Waals surface area contributed by atoms with Crippen LogP contribution in [0.3, 0.4) is 0 Å². The summed E-state index contributed by atoms with van der Waals surface area (Å²) in [5.41, 5.74) is 4.18. The Kier molecular flexibility index (Phi) is 5.50. The van der Waals surface area contributed by atoms with E-state index < -0.39 is 0 Å². The zero-order valence-electron chi connectivity index (χ0n) is 16.5. The number of anilines is 2. The summed E-state index contributed by atoms with van der Waals surface area (Å²) >= 11 is 6.06. The predicted octanol–water partition coefficient (Wildman–Crippen LogP) is 6.15. The van der Waals surface area contributed by atoms with Crippen molar-refractivity contribution in [1.82, 2.24) is 4.98 Å². The summed E-state index contributed by atoms with van der Waals surface area (Å²) in [4.78, 5) is 15.8. The molecule has 0 bridgehead atoms. The fourth-order valence-corrected chi connectivity index (χ4v) is 3.37. The van der Waals surface area contributed by atoms with E-state index in [2.05, 4.69) is 15.6 Å². The fraction of sp³-hybridized carbons (Fsp3) is 0.0870. The molecular weight excluding hydrogens is 402 g/mol. The number of urea groups is 1. The summed E-state index contributed by atoms with van der Waals surface area (Å²) < 4.78 is 10.5. The van der Waals surface area contributed by atoms with E-state index in [4.69, 9.17) is 21.1 Å². The van der Waals surface area contributed by atoms with E-state index >= 15 is 0 Å². The van der Waals surface area contributed by atoms with Crippen LogP contribution in [-0.4, -0.2) is 25.2 Å². The largest absolute Gasteiger partial charge is 0.497 e. The molecule has 0 aliphatic carbocycles. The maximum Gasteiger partial charge on any atom is 0.323 e. The second-order valence-electron chi connectivity index (χ2n) is 6.64. The second kappa shape index (κ2) is 8.39. The molecule has 0 atom stereocenters. The Bertz CT molecular complexity index is 1200. The van der Waals surface area contributed by atoms with Gasteiger partial charge in [0.25, 0.3) is 0 Å². The van der Waals surface area contributed by atoms with Gasteiger partial charge in [-0.2, -0.15) is 0 Å². The number of hydrogen-bond acceptors (Lipinski definition) is 3. The van der Waals surface area contributed by atoms with Crippen molar-refractivity contribution in [3.05, 3.63) is 71.8 Å². The van der Waals surface area contributed by atoms with Gasteiger partial charge in [-0.15, -0.1) is 0 Å². The van der Waals surface area contributed by atoms with Crippen molar-refractivity contribution in [3.8, 4) is 22.8 Å². The SMILES string of the molecule is COc1ccc(OC)c(NC(=O)Nc2ccc(-c3cc4cc(Cl)ccc4[nH]3)cc2)c1. The van der Waals surface area contributed by atoms with E-state index in [-0.39, 0.29) is 6.03 Å². The summed E-state index contributed by atoms with van der Waals surface area (Å²) in [7, 11) is 3.11. The summed E-state index contributed by atoms with van der Waals surface area (Å²) in [5, 5.41) is 7.35. The van der Waals surface area contributed by atoms with Crippen LogP contribution < -0.4 is 20.1 Å². The molecule has 4 aromatic rings. The number of rotatable bonds is 5. The first-order chi connectivity index (χ1) is 14.6. The van der Waals surface area contributed by atoms with Gasteiger partial charge >= 0.3 is 6.03 Å². The minimum absolute atomic E-state index is 0.380. The number of benzene rings is 3. The van der Waals surface area contributed by atoms with Crippen LogP contribution in [0.1, 0.15) is 0 Å². The lowest BCUT2D eigenvalue weighted by Gasteiger charge is -2.12. The normalized spacial score (nSPS) is 10.6. The van der Waals surface area contributed by atoms with Gasteiger partial charge in [-0.1, -0.05) is 23.7 Å². The average molecular weight is 422 g/mol. The lowest BCUT2D eigenvalue weighted by atomic mass is 10.1. The van der Waals surface area contributed by atoms with Crippen molar-refractivity contribution < 1.29 is 14.3 Å². The third kappa shape index (κ3) is 4.18. The van der Waals surface area contributed by atoms with Gasteiger partial charge in [0.05, 0.1) is 19.9 Å². The quantitative estimate of drug-likeness (QED) is 0.361. The first kappa shape index (κ1) is 19.7. The highest BCUT2D eigenvalue weighted by atomic mass is 35.5. The maximum atomic E-state index is 12.4. The molecule has 3 N–H and O–H groups in total. The zero-order valence-corrected chi connectivity index (χ0v) is 17.2. The number of H-pyrrole nitrogens is 1. The van der Waals surface area contributed by atoms with Crippen LogP contribution in [0.25, 0.3) is 22.2 Å². The van der Waals surface area contributed by atoms with Crippen molar-refractivity contribution in [1.29, 1.82) is 0 Å². The first-order valence-electron chi connectivity index (χ1n) is 9.24. The number of hydrogen-bond donors (Lipinski definition) is 3. The van der Waals surface area contributed by atoms with Crippen LogP contribution in [0.15, 0.2) is 66.7 Å².